The molecule has 0 aromatic heterocycles. The Morgan fingerprint density at radius 3 is 2.56 bits per heavy atom. The third kappa shape index (κ3) is 3.42. The van der Waals surface area contributed by atoms with Crippen molar-refractivity contribution in [2.45, 2.75) is 19.9 Å². The Balaban J connectivity index is 0.00000225. The van der Waals surface area contributed by atoms with Crippen LogP contribution in [-0.4, -0.2) is 11.7 Å². The van der Waals surface area contributed by atoms with Crippen LogP contribution in [-0.2, 0) is 0 Å². The van der Waals surface area contributed by atoms with E-state index in [1.165, 1.54) is 12.1 Å². The lowest BCUT2D eigenvalue weighted by atomic mass is 9.82. The Morgan fingerprint density at radius 2 is 2.06 bits per heavy atom. The van der Waals surface area contributed by atoms with Crippen LogP contribution >= 0.6 is 28.3 Å². The standard InChI is InChI=1S/C11H15BrFNO.ClH/c1-11(2,6-15)10(14)8-5-7(13)3-4-9(8)12;/h3-5,10,15H,6,14H2,1-2H3;1H/t10-;/m1./s1. The van der Waals surface area contributed by atoms with Crippen LogP contribution in [0.4, 0.5) is 4.39 Å². The lowest BCUT2D eigenvalue weighted by Gasteiger charge is -2.30. The molecule has 16 heavy (non-hydrogen) atoms. The van der Waals surface area contributed by atoms with Crippen LogP contribution in [0.3, 0.4) is 0 Å². The van der Waals surface area contributed by atoms with Gasteiger partial charge >= 0.3 is 0 Å². The summed E-state index contributed by atoms with van der Waals surface area (Å²) < 4.78 is 13.8. The van der Waals surface area contributed by atoms with E-state index in [0.717, 1.165) is 4.47 Å². The maximum Gasteiger partial charge on any atom is 0.123 e. The Labute approximate surface area is 110 Å². The predicted molar refractivity (Wildman–Crippen MR) is 69.1 cm³/mol. The van der Waals surface area contributed by atoms with Gasteiger partial charge in [0.25, 0.3) is 0 Å². The van der Waals surface area contributed by atoms with Crippen LogP contribution in [0, 0.1) is 11.2 Å². The molecule has 0 heterocycles. The fourth-order valence-electron chi connectivity index (χ4n) is 1.27. The minimum absolute atomic E-state index is 0. The zero-order valence-electron chi connectivity index (χ0n) is 9.21. The van der Waals surface area contributed by atoms with Gasteiger partial charge in [-0.15, -0.1) is 12.4 Å². The Hall–Kier alpha value is -0.160. The SMILES string of the molecule is CC(C)(CO)[C@H](N)c1cc(F)ccc1Br.Cl. The fraction of sp³-hybridized carbons (Fsp3) is 0.455. The average Bonchev–Trinajstić information content (AvgIpc) is 2.20. The monoisotopic (exact) mass is 311 g/mol. The zero-order valence-corrected chi connectivity index (χ0v) is 11.6. The highest BCUT2D eigenvalue weighted by Crippen LogP contribution is 2.34. The minimum atomic E-state index is -0.476. The van der Waals surface area contributed by atoms with Crippen LogP contribution in [0.25, 0.3) is 0 Å². The summed E-state index contributed by atoms with van der Waals surface area (Å²) in [5.74, 6) is -0.322. The molecule has 0 fully saturated rings. The molecular formula is C11H16BrClFNO. The number of hydrogen-bond donors (Lipinski definition) is 2. The molecule has 1 atom stereocenters. The van der Waals surface area contributed by atoms with Crippen molar-refractivity contribution in [1.82, 2.24) is 0 Å². The van der Waals surface area contributed by atoms with Crippen molar-refractivity contribution in [2.75, 3.05) is 6.61 Å². The fourth-order valence-corrected chi connectivity index (χ4v) is 1.77. The summed E-state index contributed by atoms with van der Waals surface area (Å²) >= 11 is 3.32. The van der Waals surface area contributed by atoms with Crippen LogP contribution in [0.1, 0.15) is 25.5 Å². The highest BCUT2D eigenvalue weighted by molar-refractivity contribution is 9.10. The Morgan fingerprint density at radius 1 is 1.50 bits per heavy atom. The predicted octanol–water partition coefficient (Wildman–Crippen LogP) is 3.03. The van der Waals surface area contributed by atoms with E-state index in [-0.39, 0.29) is 24.8 Å². The number of aliphatic hydroxyl groups excluding tert-OH is 1. The first-order chi connectivity index (χ1) is 6.88. The Kier molecular flexibility index (Phi) is 5.90. The van der Waals surface area contributed by atoms with Gasteiger partial charge in [0, 0.05) is 22.5 Å². The minimum Gasteiger partial charge on any atom is -0.396 e. The summed E-state index contributed by atoms with van der Waals surface area (Å²) in [6.45, 7) is 3.64. The van der Waals surface area contributed by atoms with Crippen LogP contribution < -0.4 is 5.73 Å². The van der Waals surface area contributed by atoms with Crippen molar-refractivity contribution in [3.8, 4) is 0 Å². The largest absolute Gasteiger partial charge is 0.396 e. The summed E-state index contributed by atoms with van der Waals surface area (Å²) in [6.07, 6.45) is 0. The second-order valence-corrected chi connectivity index (χ2v) is 5.14. The molecule has 0 aliphatic carbocycles. The second-order valence-electron chi connectivity index (χ2n) is 4.29. The van der Waals surface area contributed by atoms with Crippen molar-refractivity contribution in [1.29, 1.82) is 0 Å². The van der Waals surface area contributed by atoms with Gasteiger partial charge in [-0.3, -0.25) is 0 Å². The van der Waals surface area contributed by atoms with Gasteiger partial charge in [0.1, 0.15) is 5.82 Å². The smallest absolute Gasteiger partial charge is 0.123 e. The molecule has 1 rings (SSSR count). The zero-order chi connectivity index (χ0) is 11.6. The normalized spacial score (nSPS) is 13.1. The van der Waals surface area contributed by atoms with E-state index in [4.69, 9.17) is 5.73 Å². The maximum absolute atomic E-state index is 13.1. The lowest BCUT2D eigenvalue weighted by Crippen LogP contribution is -2.32. The van der Waals surface area contributed by atoms with E-state index in [0.29, 0.717) is 5.56 Å². The second kappa shape index (κ2) is 5.96. The van der Waals surface area contributed by atoms with Gasteiger partial charge in [0.2, 0.25) is 0 Å². The average molecular weight is 313 g/mol. The van der Waals surface area contributed by atoms with Gasteiger partial charge in [-0.1, -0.05) is 29.8 Å². The van der Waals surface area contributed by atoms with E-state index in [1.807, 2.05) is 13.8 Å². The molecule has 0 spiro atoms. The number of benzene rings is 1. The van der Waals surface area contributed by atoms with Crippen molar-refractivity contribution < 1.29 is 9.50 Å². The molecule has 0 aliphatic rings. The van der Waals surface area contributed by atoms with Gasteiger partial charge < -0.3 is 10.8 Å². The quantitative estimate of drug-likeness (QED) is 0.901. The lowest BCUT2D eigenvalue weighted by molar-refractivity contribution is 0.132. The third-order valence-electron chi connectivity index (χ3n) is 2.54. The molecule has 1 aromatic carbocycles. The van der Waals surface area contributed by atoms with Crippen molar-refractivity contribution in [2.24, 2.45) is 11.1 Å². The van der Waals surface area contributed by atoms with Crippen LogP contribution in [0.5, 0.6) is 0 Å². The van der Waals surface area contributed by atoms with Gasteiger partial charge in [-0.25, -0.2) is 4.39 Å². The highest BCUT2D eigenvalue weighted by atomic mass is 79.9. The molecule has 0 saturated carbocycles. The van der Waals surface area contributed by atoms with Crippen molar-refractivity contribution >= 4 is 28.3 Å². The van der Waals surface area contributed by atoms with Gasteiger partial charge in [0.15, 0.2) is 0 Å². The van der Waals surface area contributed by atoms with Crippen LogP contribution in [0.15, 0.2) is 22.7 Å². The summed E-state index contributed by atoms with van der Waals surface area (Å²) in [6, 6.07) is 3.98. The summed E-state index contributed by atoms with van der Waals surface area (Å²) in [5, 5.41) is 9.20. The molecule has 3 N–H and O–H groups in total. The number of hydrogen-bond acceptors (Lipinski definition) is 2. The highest BCUT2D eigenvalue weighted by Gasteiger charge is 2.28. The number of nitrogens with two attached hydrogens (primary N) is 1. The molecule has 0 amide bonds. The third-order valence-corrected chi connectivity index (χ3v) is 3.26. The first-order valence-electron chi connectivity index (χ1n) is 4.70. The molecular weight excluding hydrogens is 296 g/mol. The van der Waals surface area contributed by atoms with Crippen LogP contribution in [0.2, 0.25) is 0 Å². The van der Waals surface area contributed by atoms with E-state index in [9.17, 15) is 9.50 Å². The maximum atomic E-state index is 13.1. The topological polar surface area (TPSA) is 46.2 Å². The summed E-state index contributed by atoms with van der Waals surface area (Å²) in [4.78, 5) is 0. The van der Waals surface area contributed by atoms with E-state index in [1.54, 1.807) is 6.07 Å². The van der Waals surface area contributed by atoms with E-state index >= 15 is 0 Å². The van der Waals surface area contributed by atoms with Crippen molar-refractivity contribution in [3.05, 3.63) is 34.1 Å². The van der Waals surface area contributed by atoms with E-state index < -0.39 is 11.5 Å². The molecule has 92 valence electrons. The van der Waals surface area contributed by atoms with Crippen molar-refractivity contribution in [3.63, 3.8) is 0 Å². The molecule has 1 aromatic rings. The number of rotatable bonds is 3. The summed E-state index contributed by atoms with van der Waals surface area (Å²) in [7, 11) is 0. The number of halogens is 3. The molecule has 0 saturated heterocycles. The van der Waals surface area contributed by atoms with Gasteiger partial charge in [0.05, 0.1) is 0 Å². The molecule has 2 nitrogen and oxygen atoms in total. The molecule has 5 heteroatoms. The first-order valence-corrected chi connectivity index (χ1v) is 5.49. The molecule has 0 radical (unpaired) electrons. The first kappa shape index (κ1) is 15.8. The molecule has 0 bridgehead atoms. The number of aliphatic hydroxyl groups is 1. The molecule has 0 unspecified atom stereocenters. The van der Waals surface area contributed by atoms with Gasteiger partial charge in [-0.2, -0.15) is 0 Å². The van der Waals surface area contributed by atoms with Gasteiger partial charge in [-0.05, 0) is 23.8 Å². The summed E-state index contributed by atoms with van der Waals surface area (Å²) in [5.41, 5.74) is 6.20. The molecule has 0 aliphatic heterocycles. The van der Waals surface area contributed by atoms with E-state index in [2.05, 4.69) is 15.9 Å². The Bertz CT molecular complexity index is 360.